The lowest BCUT2D eigenvalue weighted by Crippen LogP contribution is -2.50. The summed E-state index contributed by atoms with van der Waals surface area (Å²) in [4.78, 5) is 12.6. The summed E-state index contributed by atoms with van der Waals surface area (Å²) in [7, 11) is 1.54. The second kappa shape index (κ2) is 4.86. The molecular formula is C19H24O2. The van der Waals surface area contributed by atoms with Crippen LogP contribution in [0.25, 0.3) is 0 Å². The van der Waals surface area contributed by atoms with Gasteiger partial charge in [-0.15, -0.1) is 0 Å². The SMILES string of the molecule is COC(=O)[C@H](c1ccccc1)C12CC3CC(CC(C3)C1)C2. The zero-order chi connectivity index (χ0) is 14.4. The van der Waals surface area contributed by atoms with Crippen molar-refractivity contribution >= 4 is 5.97 Å². The Hall–Kier alpha value is -1.31. The van der Waals surface area contributed by atoms with E-state index in [0.717, 1.165) is 23.3 Å². The van der Waals surface area contributed by atoms with Crippen molar-refractivity contribution < 1.29 is 9.53 Å². The number of esters is 1. The topological polar surface area (TPSA) is 26.3 Å². The van der Waals surface area contributed by atoms with Crippen LogP contribution in [0.1, 0.15) is 50.0 Å². The third-order valence-corrected chi connectivity index (χ3v) is 6.27. The molecule has 0 saturated heterocycles. The van der Waals surface area contributed by atoms with E-state index in [2.05, 4.69) is 12.1 Å². The normalized spacial score (nSPS) is 38.2. The zero-order valence-corrected chi connectivity index (χ0v) is 12.8. The van der Waals surface area contributed by atoms with Crippen LogP contribution in [0.3, 0.4) is 0 Å². The Labute approximate surface area is 126 Å². The van der Waals surface area contributed by atoms with Gasteiger partial charge in [-0.25, -0.2) is 0 Å². The zero-order valence-electron chi connectivity index (χ0n) is 12.8. The fourth-order valence-corrected chi connectivity index (χ4v) is 6.03. The van der Waals surface area contributed by atoms with E-state index in [1.165, 1.54) is 38.5 Å². The van der Waals surface area contributed by atoms with E-state index in [-0.39, 0.29) is 17.3 Å². The summed E-state index contributed by atoms with van der Waals surface area (Å²) in [5.41, 5.74) is 1.33. The van der Waals surface area contributed by atoms with Gasteiger partial charge < -0.3 is 4.74 Å². The highest BCUT2D eigenvalue weighted by Crippen LogP contribution is 2.64. The van der Waals surface area contributed by atoms with Crippen LogP contribution in [-0.4, -0.2) is 13.1 Å². The smallest absolute Gasteiger partial charge is 0.313 e. The van der Waals surface area contributed by atoms with E-state index < -0.39 is 0 Å². The van der Waals surface area contributed by atoms with Crippen LogP contribution in [0.5, 0.6) is 0 Å². The Bertz CT molecular complexity index is 498. The van der Waals surface area contributed by atoms with Crippen molar-refractivity contribution in [2.75, 3.05) is 7.11 Å². The molecule has 0 heterocycles. The Morgan fingerprint density at radius 1 is 1.05 bits per heavy atom. The molecule has 1 atom stereocenters. The Kier molecular flexibility index (Phi) is 3.09. The molecule has 4 bridgehead atoms. The molecule has 1 aromatic carbocycles. The molecule has 0 unspecified atom stereocenters. The molecule has 1 aromatic rings. The van der Waals surface area contributed by atoms with Gasteiger partial charge in [0.1, 0.15) is 0 Å². The summed E-state index contributed by atoms with van der Waals surface area (Å²) in [6, 6.07) is 10.3. The fourth-order valence-electron chi connectivity index (χ4n) is 6.03. The molecule has 4 saturated carbocycles. The predicted molar refractivity (Wildman–Crippen MR) is 81.8 cm³/mol. The molecule has 4 fully saturated rings. The minimum Gasteiger partial charge on any atom is -0.469 e. The Morgan fingerprint density at radius 2 is 1.57 bits per heavy atom. The number of benzene rings is 1. The lowest BCUT2D eigenvalue weighted by molar-refractivity contribution is -0.153. The molecule has 21 heavy (non-hydrogen) atoms. The van der Waals surface area contributed by atoms with E-state index in [0.29, 0.717) is 0 Å². The second-order valence-corrected chi connectivity index (χ2v) is 7.65. The lowest BCUT2D eigenvalue weighted by atomic mass is 9.46. The molecule has 0 aromatic heterocycles. The van der Waals surface area contributed by atoms with Crippen molar-refractivity contribution in [3.8, 4) is 0 Å². The number of carbonyl (C=O) groups is 1. The predicted octanol–water partition coefficient (Wildman–Crippen LogP) is 4.16. The largest absolute Gasteiger partial charge is 0.469 e. The molecule has 0 spiro atoms. The molecule has 112 valence electrons. The first-order valence-electron chi connectivity index (χ1n) is 8.33. The summed E-state index contributed by atoms with van der Waals surface area (Å²) in [6.07, 6.45) is 7.90. The first-order chi connectivity index (χ1) is 10.2. The number of methoxy groups -OCH3 is 1. The van der Waals surface area contributed by atoms with Crippen molar-refractivity contribution in [3.63, 3.8) is 0 Å². The van der Waals surface area contributed by atoms with Crippen molar-refractivity contribution in [2.24, 2.45) is 23.2 Å². The Morgan fingerprint density at radius 3 is 2.05 bits per heavy atom. The van der Waals surface area contributed by atoms with Crippen LogP contribution in [0, 0.1) is 23.2 Å². The van der Waals surface area contributed by atoms with Crippen molar-refractivity contribution in [1.82, 2.24) is 0 Å². The van der Waals surface area contributed by atoms with Crippen molar-refractivity contribution in [2.45, 2.75) is 44.4 Å². The van der Waals surface area contributed by atoms with Crippen LogP contribution in [0.15, 0.2) is 30.3 Å². The minimum absolute atomic E-state index is 0.0249. The molecule has 0 amide bonds. The number of hydrogen-bond donors (Lipinski definition) is 0. The van der Waals surface area contributed by atoms with E-state index in [9.17, 15) is 4.79 Å². The van der Waals surface area contributed by atoms with Crippen LogP contribution in [-0.2, 0) is 9.53 Å². The summed E-state index contributed by atoms with van der Waals surface area (Å²) < 4.78 is 5.22. The molecule has 0 N–H and O–H groups in total. The highest BCUT2D eigenvalue weighted by molar-refractivity contribution is 5.79. The maximum Gasteiger partial charge on any atom is 0.313 e. The van der Waals surface area contributed by atoms with Gasteiger partial charge in [0.15, 0.2) is 0 Å². The van der Waals surface area contributed by atoms with Gasteiger partial charge in [0.2, 0.25) is 0 Å². The van der Waals surface area contributed by atoms with Crippen LogP contribution in [0.4, 0.5) is 0 Å². The van der Waals surface area contributed by atoms with Gasteiger partial charge in [-0.2, -0.15) is 0 Å². The number of hydrogen-bond acceptors (Lipinski definition) is 2. The molecule has 4 aliphatic carbocycles. The third kappa shape index (κ3) is 2.11. The molecule has 5 rings (SSSR count). The maximum atomic E-state index is 12.6. The highest BCUT2D eigenvalue weighted by Gasteiger charge is 2.56. The van der Waals surface area contributed by atoms with Crippen molar-refractivity contribution in [3.05, 3.63) is 35.9 Å². The Balaban J connectivity index is 1.75. The van der Waals surface area contributed by atoms with Gasteiger partial charge in [0, 0.05) is 0 Å². The summed E-state index contributed by atoms with van der Waals surface area (Å²) in [6.45, 7) is 0. The summed E-state index contributed by atoms with van der Waals surface area (Å²) in [5.74, 6) is 2.48. The number of ether oxygens (including phenoxy) is 1. The molecular weight excluding hydrogens is 260 g/mol. The fraction of sp³-hybridized carbons (Fsp3) is 0.632. The summed E-state index contributed by atoms with van der Waals surface area (Å²) in [5, 5.41) is 0. The van der Waals surface area contributed by atoms with Crippen LogP contribution in [0.2, 0.25) is 0 Å². The van der Waals surface area contributed by atoms with Crippen LogP contribution < -0.4 is 0 Å². The maximum absolute atomic E-state index is 12.6. The third-order valence-electron chi connectivity index (χ3n) is 6.27. The first kappa shape index (κ1) is 13.4. The van der Waals surface area contributed by atoms with Crippen LogP contribution >= 0.6 is 0 Å². The first-order valence-corrected chi connectivity index (χ1v) is 8.33. The van der Waals surface area contributed by atoms with Gasteiger partial charge in [-0.3, -0.25) is 4.79 Å². The molecule has 0 radical (unpaired) electrons. The van der Waals surface area contributed by atoms with Gasteiger partial charge in [-0.1, -0.05) is 30.3 Å². The average molecular weight is 284 g/mol. The van der Waals surface area contributed by atoms with E-state index in [4.69, 9.17) is 4.74 Å². The van der Waals surface area contributed by atoms with Gasteiger partial charge >= 0.3 is 5.97 Å². The second-order valence-electron chi connectivity index (χ2n) is 7.65. The standard InChI is InChI=1S/C19H24O2/c1-21-18(20)17(16-5-3-2-4-6-16)19-10-13-7-14(11-19)9-15(8-13)12-19/h2-6,13-15,17H,7-12H2,1H3/t13?,14?,15?,17-,19?/m0/s1. The van der Waals surface area contributed by atoms with Gasteiger partial charge in [0.05, 0.1) is 13.0 Å². The summed E-state index contributed by atoms with van der Waals surface area (Å²) >= 11 is 0. The van der Waals surface area contributed by atoms with Crippen molar-refractivity contribution in [1.29, 1.82) is 0 Å². The molecule has 4 aliphatic rings. The number of rotatable bonds is 3. The van der Waals surface area contributed by atoms with E-state index >= 15 is 0 Å². The molecule has 2 nitrogen and oxygen atoms in total. The van der Waals surface area contributed by atoms with E-state index in [1.54, 1.807) is 7.11 Å². The highest BCUT2D eigenvalue weighted by atomic mass is 16.5. The monoisotopic (exact) mass is 284 g/mol. The molecule has 0 aliphatic heterocycles. The quantitative estimate of drug-likeness (QED) is 0.779. The minimum atomic E-state index is -0.0582. The number of carbonyl (C=O) groups excluding carboxylic acids is 1. The van der Waals surface area contributed by atoms with Gasteiger partial charge in [0.25, 0.3) is 0 Å². The lowest BCUT2D eigenvalue weighted by Gasteiger charge is -2.58. The average Bonchev–Trinajstić information content (AvgIpc) is 2.46. The van der Waals surface area contributed by atoms with Gasteiger partial charge in [-0.05, 0) is 67.3 Å². The van der Waals surface area contributed by atoms with E-state index in [1.807, 2.05) is 18.2 Å². The molecule has 2 heteroatoms.